The van der Waals surface area contributed by atoms with Crippen LogP contribution in [0.5, 0.6) is 0 Å². The molecular formula is C13H16N2O3S. The third-order valence-corrected chi connectivity index (χ3v) is 4.27. The van der Waals surface area contributed by atoms with Crippen molar-refractivity contribution in [3.63, 3.8) is 0 Å². The molecule has 6 heteroatoms. The van der Waals surface area contributed by atoms with Crippen LogP contribution in [-0.2, 0) is 14.8 Å². The monoisotopic (exact) mass is 280 g/mol. The van der Waals surface area contributed by atoms with Gasteiger partial charge in [-0.15, -0.1) is 0 Å². The summed E-state index contributed by atoms with van der Waals surface area (Å²) in [6.45, 7) is 0.571. The number of ether oxygens (including phenoxy) is 1. The van der Waals surface area contributed by atoms with Crippen molar-refractivity contribution in [2.75, 3.05) is 26.0 Å². The smallest absolute Gasteiger partial charge is 0.241 e. The van der Waals surface area contributed by atoms with Gasteiger partial charge in [0.15, 0.2) is 0 Å². The second kappa shape index (κ2) is 5.56. The molecule has 0 aliphatic carbocycles. The molecule has 0 spiro atoms. The molecule has 2 aromatic rings. The van der Waals surface area contributed by atoms with E-state index in [9.17, 15) is 8.42 Å². The van der Waals surface area contributed by atoms with E-state index in [1.54, 1.807) is 30.3 Å². The minimum Gasteiger partial charge on any atom is -0.399 e. The van der Waals surface area contributed by atoms with Crippen molar-refractivity contribution >= 4 is 26.5 Å². The zero-order valence-corrected chi connectivity index (χ0v) is 11.4. The minimum absolute atomic E-state index is 0.240. The maximum absolute atomic E-state index is 12.2. The van der Waals surface area contributed by atoms with Gasteiger partial charge in [0, 0.05) is 24.7 Å². The van der Waals surface area contributed by atoms with Gasteiger partial charge in [0.25, 0.3) is 0 Å². The van der Waals surface area contributed by atoms with E-state index in [0.717, 1.165) is 5.39 Å². The molecule has 102 valence electrons. The van der Waals surface area contributed by atoms with Gasteiger partial charge in [0.05, 0.1) is 11.5 Å². The molecule has 3 N–H and O–H groups in total. The summed E-state index contributed by atoms with van der Waals surface area (Å²) >= 11 is 0. The third kappa shape index (κ3) is 3.04. The maximum atomic E-state index is 12.2. The van der Waals surface area contributed by atoms with E-state index in [1.165, 1.54) is 7.11 Å². The molecular weight excluding hydrogens is 264 g/mol. The fraction of sp³-hybridized carbons (Fsp3) is 0.231. The van der Waals surface area contributed by atoms with Crippen LogP contribution in [0.4, 0.5) is 5.69 Å². The lowest BCUT2D eigenvalue weighted by atomic mass is 10.1. The Hall–Kier alpha value is -1.63. The number of methoxy groups -OCH3 is 1. The van der Waals surface area contributed by atoms with Gasteiger partial charge < -0.3 is 10.5 Å². The summed E-state index contributed by atoms with van der Waals surface area (Å²) in [5.41, 5.74) is 6.31. The Morgan fingerprint density at radius 2 is 2.05 bits per heavy atom. The Kier molecular flexibility index (Phi) is 4.04. The molecule has 5 nitrogen and oxygen atoms in total. The average molecular weight is 280 g/mol. The highest BCUT2D eigenvalue weighted by molar-refractivity contribution is 7.89. The standard InChI is InChI=1S/C13H16N2O3S/c1-18-8-7-15-19(16,17)13-4-2-3-10-9-11(14)5-6-12(10)13/h2-6,9,15H,7-8,14H2,1H3. The van der Waals surface area contributed by atoms with Crippen LogP contribution in [0, 0.1) is 0 Å². The van der Waals surface area contributed by atoms with Crippen molar-refractivity contribution in [1.82, 2.24) is 4.72 Å². The van der Waals surface area contributed by atoms with Crippen LogP contribution in [0.1, 0.15) is 0 Å². The zero-order chi connectivity index (χ0) is 13.9. The van der Waals surface area contributed by atoms with Crippen LogP contribution in [-0.4, -0.2) is 28.7 Å². The first-order chi connectivity index (χ1) is 9.04. The Morgan fingerprint density at radius 1 is 1.26 bits per heavy atom. The number of anilines is 1. The Labute approximate surface area is 112 Å². The number of fused-ring (bicyclic) bond motifs is 1. The summed E-state index contributed by atoms with van der Waals surface area (Å²) in [5.74, 6) is 0. The summed E-state index contributed by atoms with van der Waals surface area (Å²) in [5, 5.41) is 1.45. The van der Waals surface area contributed by atoms with Crippen molar-refractivity contribution in [3.05, 3.63) is 36.4 Å². The number of nitrogens with one attached hydrogen (secondary N) is 1. The fourth-order valence-corrected chi connectivity index (χ4v) is 3.10. The second-order valence-corrected chi connectivity index (χ2v) is 5.86. The fourth-order valence-electron chi connectivity index (χ4n) is 1.86. The van der Waals surface area contributed by atoms with E-state index in [0.29, 0.717) is 17.7 Å². The molecule has 0 radical (unpaired) electrons. The SMILES string of the molecule is COCCNS(=O)(=O)c1cccc2cc(N)ccc12. The van der Waals surface area contributed by atoms with Crippen LogP contribution >= 0.6 is 0 Å². The van der Waals surface area contributed by atoms with Crippen LogP contribution in [0.3, 0.4) is 0 Å². The summed E-state index contributed by atoms with van der Waals surface area (Å²) in [7, 11) is -2.02. The van der Waals surface area contributed by atoms with Crippen molar-refractivity contribution in [2.24, 2.45) is 0 Å². The molecule has 0 unspecified atom stereocenters. The molecule has 0 amide bonds. The predicted molar refractivity (Wildman–Crippen MR) is 75.4 cm³/mol. The minimum atomic E-state index is -3.54. The largest absolute Gasteiger partial charge is 0.399 e. The number of nitrogen functional groups attached to an aromatic ring is 1. The van der Waals surface area contributed by atoms with Gasteiger partial charge in [-0.3, -0.25) is 0 Å². The maximum Gasteiger partial charge on any atom is 0.241 e. The van der Waals surface area contributed by atoms with Gasteiger partial charge >= 0.3 is 0 Å². The van der Waals surface area contributed by atoms with Gasteiger partial charge in [0.2, 0.25) is 10.0 Å². The van der Waals surface area contributed by atoms with E-state index in [-0.39, 0.29) is 11.4 Å². The highest BCUT2D eigenvalue weighted by Gasteiger charge is 2.16. The van der Waals surface area contributed by atoms with Crippen LogP contribution in [0.25, 0.3) is 10.8 Å². The lowest BCUT2D eigenvalue weighted by molar-refractivity contribution is 0.204. The molecule has 0 aliphatic heterocycles. The molecule has 0 bridgehead atoms. The average Bonchev–Trinajstić information content (AvgIpc) is 2.37. The van der Waals surface area contributed by atoms with E-state index in [4.69, 9.17) is 10.5 Å². The molecule has 0 aliphatic rings. The number of hydrogen-bond acceptors (Lipinski definition) is 4. The third-order valence-electron chi connectivity index (χ3n) is 2.75. The van der Waals surface area contributed by atoms with Gasteiger partial charge in [-0.1, -0.05) is 18.2 Å². The highest BCUT2D eigenvalue weighted by atomic mass is 32.2. The van der Waals surface area contributed by atoms with E-state index in [2.05, 4.69) is 4.72 Å². The number of hydrogen-bond donors (Lipinski definition) is 2. The first-order valence-electron chi connectivity index (χ1n) is 5.81. The number of sulfonamides is 1. The molecule has 0 saturated carbocycles. The Morgan fingerprint density at radius 3 is 2.79 bits per heavy atom. The number of benzene rings is 2. The molecule has 2 aromatic carbocycles. The molecule has 0 saturated heterocycles. The summed E-state index contributed by atoms with van der Waals surface area (Å²) < 4.78 is 31.7. The molecule has 0 atom stereocenters. The number of rotatable bonds is 5. The second-order valence-electron chi connectivity index (χ2n) is 4.13. The zero-order valence-electron chi connectivity index (χ0n) is 10.6. The van der Waals surface area contributed by atoms with Crippen molar-refractivity contribution in [1.29, 1.82) is 0 Å². The lowest BCUT2D eigenvalue weighted by Crippen LogP contribution is -2.27. The molecule has 0 heterocycles. The topological polar surface area (TPSA) is 81.4 Å². The lowest BCUT2D eigenvalue weighted by Gasteiger charge is -2.09. The summed E-state index contributed by atoms with van der Waals surface area (Å²) in [4.78, 5) is 0.251. The number of nitrogens with two attached hydrogens (primary N) is 1. The van der Waals surface area contributed by atoms with E-state index < -0.39 is 10.0 Å². The van der Waals surface area contributed by atoms with Crippen LogP contribution in [0.2, 0.25) is 0 Å². The molecule has 19 heavy (non-hydrogen) atoms. The van der Waals surface area contributed by atoms with Crippen molar-refractivity contribution in [2.45, 2.75) is 4.90 Å². The van der Waals surface area contributed by atoms with Crippen LogP contribution < -0.4 is 10.5 Å². The first kappa shape index (κ1) is 13.8. The van der Waals surface area contributed by atoms with Gasteiger partial charge in [-0.2, -0.15) is 0 Å². The van der Waals surface area contributed by atoms with Crippen molar-refractivity contribution in [3.8, 4) is 0 Å². The van der Waals surface area contributed by atoms with E-state index >= 15 is 0 Å². The molecule has 0 fully saturated rings. The first-order valence-corrected chi connectivity index (χ1v) is 7.30. The Bertz CT molecular complexity index is 683. The van der Waals surface area contributed by atoms with Gasteiger partial charge in [-0.25, -0.2) is 13.1 Å². The highest BCUT2D eigenvalue weighted by Crippen LogP contribution is 2.24. The van der Waals surface area contributed by atoms with Gasteiger partial charge in [-0.05, 0) is 23.6 Å². The quantitative estimate of drug-likeness (QED) is 0.640. The summed E-state index contributed by atoms with van der Waals surface area (Å²) in [6.07, 6.45) is 0. The molecule has 2 rings (SSSR count). The predicted octanol–water partition coefficient (Wildman–Crippen LogP) is 1.35. The van der Waals surface area contributed by atoms with Gasteiger partial charge in [0.1, 0.15) is 0 Å². The van der Waals surface area contributed by atoms with Crippen molar-refractivity contribution < 1.29 is 13.2 Å². The van der Waals surface area contributed by atoms with E-state index in [1.807, 2.05) is 6.07 Å². The normalized spacial score (nSPS) is 11.8. The molecule has 0 aromatic heterocycles. The summed E-state index contributed by atoms with van der Waals surface area (Å²) in [6, 6.07) is 10.3. The Balaban J connectivity index is 2.44. The van der Waals surface area contributed by atoms with Crippen LogP contribution in [0.15, 0.2) is 41.3 Å².